The van der Waals surface area contributed by atoms with Crippen LogP contribution in [-0.4, -0.2) is 31.2 Å². The molecule has 0 saturated carbocycles. The summed E-state index contributed by atoms with van der Waals surface area (Å²) in [6, 6.07) is 8.12. The Kier molecular flexibility index (Phi) is 2.29. The van der Waals surface area contributed by atoms with E-state index in [0.717, 1.165) is 12.1 Å². The van der Waals surface area contributed by atoms with Gasteiger partial charge < -0.3 is 15.4 Å². The number of hydrogen-bond donors (Lipinski definition) is 2. The molecule has 0 bridgehead atoms. The van der Waals surface area contributed by atoms with Gasteiger partial charge in [0.25, 0.3) is 0 Å². The number of amides is 1. The molecule has 0 radical (unpaired) electrons. The largest absolute Gasteiger partial charge is 0.377 e. The van der Waals surface area contributed by atoms with Gasteiger partial charge in [0.05, 0.1) is 19.3 Å². The van der Waals surface area contributed by atoms with Gasteiger partial charge in [0.1, 0.15) is 6.04 Å². The van der Waals surface area contributed by atoms with Gasteiger partial charge in [-0.15, -0.1) is 0 Å². The molecule has 2 N–H and O–H groups in total. The zero-order valence-electron chi connectivity index (χ0n) is 8.90. The van der Waals surface area contributed by atoms with Crippen LogP contribution in [0.5, 0.6) is 0 Å². The van der Waals surface area contributed by atoms with Gasteiger partial charge in [0.2, 0.25) is 5.91 Å². The molecule has 0 spiro atoms. The fourth-order valence-electron chi connectivity index (χ4n) is 2.08. The van der Waals surface area contributed by atoms with E-state index in [1.165, 1.54) is 5.56 Å². The van der Waals surface area contributed by atoms with Crippen molar-refractivity contribution in [3.8, 4) is 0 Å². The van der Waals surface area contributed by atoms with Crippen LogP contribution < -0.4 is 10.6 Å². The van der Waals surface area contributed by atoms with Crippen LogP contribution >= 0.6 is 0 Å². The molecule has 1 amide bonds. The summed E-state index contributed by atoms with van der Waals surface area (Å²) >= 11 is 0. The van der Waals surface area contributed by atoms with Crippen molar-refractivity contribution in [2.75, 3.05) is 18.5 Å². The molecular formula is C12H14N2O2. The molecule has 1 unspecified atom stereocenters. The number of nitrogens with one attached hydrogen (secondary N) is 2. The molecule has 4 nitrogen and oxygen atoms in total. The summed E-state index contributed by atoms with van der Waals surface area (Å²) in [7, 11) is 0. The summed E-state index contributed by atoms with van der Waals surface area (Å²) in [4.78, 5) is 11.9. The average molecular weight is 218 g/mol. The van der Waals surface area contributed by atoms with Crippen LogP contribution in [0.2, 0.25) is 0 Å². The molecule has 4 heteroatoms. The molecule has 1 aromatic rings. The van der Waals surface area contributed by atoms with Gasteiger partial charge in [-0.1, -0.05) is 18.2 Å². The molecule has 2 heterocycles. The van der Waals surface area contributed by atoms with Gasteiger partial charge in [-0.2, -0.15) is 0 Å². The summed E-state index contributed by atoms with van der Waals surface area (Å²) in [6.07, 6.45) is 0.773. The molecule has 1 aromatic carbocycles. The van der Waals surface area contributed by atoms with Crippen molar-refractivity contribution in [1.29, 1.82) is 0 Å². The molecule has 16 heavy (non-hydrogen) atoms. The number of anilines is 1. The number of rotatable bonds is 2. The predicted molar refractivity (Wildman–Crippen MR) is 60.3 cm³/mol. The average Bonchev–Trinajstić information content (AvgIpc) is 2.66. The fourth-order valence-corrected chi connectivity index (χ4v) is 2.08. The summed E-state index contributed by atoms with van der Waals surface area (Å²) in [6.45, 7) is 1.29. The maximum Gasteiger partial charge on any atom is 0.243 e. The van der Waals surface area contributed by atoms with Crippen LogP contribution in [0, 0.1) is 0 Å². The maximum atomic E-state index is 11.9. The lowest BCUT2D eigenvalue weighted by Gasteiger charge is -2.28. The Morgan fingerprint density at radius 2 is 2.19 bits per heavy atom. The summed E-state index contributed by atoms with van der Waals surface area (Å²) in [5.41, 5.74) is 2.29. The van der Waals surface area contributed by atoms with Crippen molar-refractivity contribution in [3.63, 3.8) is 0 Å². The Hall–Kier alpha value is -1.55. The molecule has 2 aliphatic heterocycles. The first-order valence-electron chi connectivity index (χ1n) is 5.55. The van der Waals surface area contributed by atoms with E-state index in [2.05, 4.69) is 16.7 Å². The highest BCUT2D eigenvalue weighted by molar-refractivity contribution is 5.87. The normalized spacial score (nSPS) is 23.1. The molecule has 0 aliphatic carbocycles. The minimum absolute atomic E-state index is 0.0736. The topological polar surface area (TPSA) is 50.4 Å². The molecular weight excluding hydrogens is 204 g/mol. The fraction of sp³-hybridized carbons (Fsp3) is 0.417. The number of carbonyl (C=O) groups excluding carboxylic acids is 1. The van der Waals surface area contributed by atoms with Crippen LogP contribution in [0.1, 0.15) is 5.56 Å². The van der Waals surface area contributed by atoms with Crippen LogP contribution in [0.4, 0.5) is 5.69 Å². The van der Waals surface area contributed by atoms with E-state index in [1.54, 1.807) is 0 Å². The molecule has 1 atom stereocenters. The van der Waals surface area contributed by atoms with Crippen molar-refractivity contribution >= 4 is 11.6 Å². The standard InChI is InChI=1S/C12H14N2O2/c15-12(13-9-6-16-7-9)11-5-8-3-1-2-4-10(8)14-11/h1-4,9,11,14H,5-7H2,(H,13,15). The van der Waals surface area contributed by atoms with E-state index in [4.69, 9.17) is 4.74 Å². The number of ether oxygens (including phenoxy) is 1. The zero-order valence-corrected chi connectivity index (χ0v) is 8.90. The number of fused-ring (bicyclic) bond motifs is 1. The molecule has 0 aromatic heterocycles. The second-order valence-corrected chi connectivity index (χ2v) is 4.30. The van der Waals surface area contributed by atoms with E-state index < -0.39 is 0 Å². The third-order valence-corrected chi connectivity index (χ3v) is 3.07. The monoisotopic (exact) mass is 218 g/mol. The minimum Gasteiger partial charge on any atom is -0.377 e. The Balaban J connectivity index is 1.64. The van der Waals surface area contributed by atoms with E-state index in [9.17, 15) is 4.79 Å². The molecule has 1 saturated heterocycles. The van der Waals surface area contributed by atoms with Crippen molar-refractivity contribution in [2.24, 2.45) is 0 Å². The zero-order chi connectivity index (χ0) is 11.0. The minimum atomic E-state index is -0.127. The van der Waals surface area contributed by atoms with Crippen molar-refractivity contribution < 1.29 is 9.53 Å². The summed E-state index contributed by atoms with van der Waals surface area (Å²) < 4.78 is 5.03. The van der Waals surface area contributed by atoms with E-state index >= 15 is 0 Å². The summed E-state index contributed by atoms with van der Waals surface area (Å²) in [5.74, 6) is 0.0736. The third-order valence-electron chi connectivity index (χ3n) is 3.07. The lowest BCUT2D eigenvalue weighted by Crippen LogP contribution is -2.52. The number of benzene rings is 1. The van der Waals surface area contributed by atoms with Crippen LogP contribution in [0.3, 0.4) is 0 Å². The quantitative estimate of drug-likeness (QED) is 0.761. The van der Waals surface area contributed by atoms with E-state index in [-0.39, 0.29) is 18.0 Å². The SMILES string of the molecule is O=C(NC1COC1)C1Cc2ccccc2N1. The van der Waals surface area contributed by atoms with Gasteiger partial charge >= 0.3 is 0 Å². The summed E-state index contributed by atoms with van der Waals surface area (Å²) in [5, 5.41) is 6.20. The second kappa shape index (κ2) is 3.79. The number of hydrogen-bond acceptors (Lipinski definition) is 3. The van der Waals surface area contributed by atoms with Gasteiger partial charge in [0, 0.05) is 12.1 Å². The highest BCUT2D eigenvalue weighted by Gasteiger charge is 2.29. The second-order valence-electron chi connectivity index (χ2n) is 4.30. The van der Waals surface area contributed by atoms with E-state index in [1.807, 2.05) is 18.2 Å². The van der Waals surface area contributed by atoms with Gasteiger partial charge in [-0.25, -0.2) is 0 Å². The van der Waals surface area contributed by atoms with Crippen LogP contribution in [0.15, 0.2) is 24.3 Å². The molecule has 3 rings (SSSR count). The molecule has 2 aliphatic rings. The van der Waals surface area contributed by atoms with Gasteiger partial charge in [-0.3, -0.25) is 4.79 Å². The Morgan fingerprint density at radius 3 is 2.88 bits per heavy atom. The third kappa shape index (κ3) is 1.65. The van der Waals surface area contributed by atoms with Gasteiger partial charge in [-0.05, 0) is 11.6 Å². The Labute approximate surface area is 94.0 Å². The number of carbonyl (C=O) groups is 1. The Morgan fingerprint density at radius 1 is 1.38 bits per heavy atom. The van der Waals surface area contributed by atoms with Crippen molar-refractivity contribution in [3.05, 3.63) is 29.8 Å². The first-order valence-corrected chi connectivity index (χ1v) is 5.55. The predicted octanol–water partition coefficient (Wildman–Crippen LogP) is 0.538. The molecule has 84 valence electrons. The van der Waals surface area contributed by atoms with Crippen LogP contribution in [0.25, 0.3) is 0 Å². The number of para-hydroxylation sites is 1. The van der Waals surface area contributed by atoms with Crippen LogP contribution in [-0.2, 0) is 16.0 Å². The lowest BCUT2D eigenvalue weighted by atomic mass is 10.1. The molecule has 1 fully saturated rings. The van der Waals surface area contributed by atoms with Gasteiger partial charge in [0.15, 0.2) is 0 Å². The lowest BCUT2D eigenvalue weighted by molar-refractivity contribution is -0.125. The highest BCUT2D eigenvalue weighted by atomic mass is 16.5. The first kappa shape index (κ1) is 9.66. The van der Waals surface area contributed by atoms with Crippen molar-refractivity contribution in [2.45, 2.75) is 18.5 Å². The highest BCUT2D eigenvalue weighted by Crippen LogP contribution is 2.25. The van der Waals surface area contributed by atoms with E-state index in [0.29, 0.717) is 13.2 Å². The smallest absolute Gasteiger partial charge is 0.243 e. The van der Waals surface area contributed by atoms with Crippen molar-refractivity contribution in [1.82, 2.24) is 5.32 Å². The Bertz CT molecular complexity index is 390. The first-order chi connectivity index (χ1) is 7.83. The maximum absolute atomic E-state index is 11.9.